The molecule has 5 rings (SSSR count). The van der Waals surface area contributed by atoms with Crippen LogP contribution in [0.5, 0.6) is 5.75 Å². The molecule has 1 aromatic carbocycles. The number of benzene rings is 1. The summed E-state index contributed by atoms with van der Waals surface area (Å²) in [5.74, 6) is 1.47. The second kappa shape index (κ2) is 5.66. The molecule has 3 aliphatic carbocycles. The summed E-state index contributed by atoms with van der Waals surface area (Å²) in [5.41, 5.74) is 2.60. The smallest absolute Gasteiger partial charge is 0.143 e. The third kappa shape index (κ3) is 2.24. The Bertz CT molecular complexity index is 771. The van der Waals surface area contributed by atoms with Crippen molar-refractivity contribution in [1.82, 2.24) is 4.90 Å². The van der Waals surface area contributed by atoms with Crippen molar-refractivity contribution in [2.45, 2.75) is 43.9 Å². The highest BCUT2D eigenvalue weighted by Crippen LogP contribution is 2.63. The predicted molar refractivity (Wildman–Crippen MR) is 98.4 cm³/mol. The number of fused-ring (bicyclic) bond motifs is 1. The number of carbonyl (C=O) groups is 2. The highest BCUT2D eigenvalue weighted by molar-refractivity contribution is 5.95. The van der Waals surface area contributed by atoms with Crippen LogP contribution in [0.1, 0.15) is 43.2 Å². The van der Waals surface area contributed by atoms with Crippen molar-refractivity contribution in [3.8, 4) is 5.75 Å². The molecule has 0 radical (unpaired) electrons. The first-order valence-corrected chi connectivity index (χ1v) is 9.97. The SMILES string of the molecule is COc1ccc2c(c1)[C@]13CCN(CC4CC4)C[C@@]1(C2)CC(C=O)C(=O)C3. The van der Waals surface area contributed by atoms with E-state index in [0.29, 0.717) is 12.8 Å². The highest BCUT2D eigenvalue weighted by Gasteiger charge is 2.63. The zero-order valence-corrected chi connectivity index (χ0v) is 15.5. The van der Waals surface area contributed by atoms with Crippen molar-refractivity contribution in [3.63, 3.8) is 0 Å². The maximum atomic E-state index is 12.8. The number of likely N-dealkylation sites (tertiary alicyclic amines) is 1. The third-order valence-corrected chi connectivity index (χ3v) is 7.64. The standard InChI is InChI=1S/C22H27NO3/c1-26-18-5-4-16-9-21-10-17(13-24)20(25)11-22(21,19(16)8-18)6-7-23(14-21)12-15-2-3-15/h4-5,8,13,15,17H,2-3,6-7,9-12,14H2,1H3/t17?,21-,22-/m1/s1. The monoisotopic (exact) mass is 353 g/mol. The lowest BCUT2D eigenvalue weighted by molar-refractivity contribution is -0.140. The van der Waals surface area contributed by atoms with E-state index in [4.69, 9.17) is 4.74 Å². The van der Waals surface area contributed by atoms with Crippen molar-refractivity contribution in [1.29, 1.82) is 0 Å². The second-order valence-corrected chi connectivity index (χ2v) is 9.08. The van der Waals surface area contributed by atoms with Gasteiger partial charge in [-0.1, -0.05) is 6.07 Å². The van der Waals surface area contributed by atoms with E-state index in [2.05, 4.69) is 17.0 Å². The van der Waals surface area contributed by atoms with E-state index >= 15 is 0 Å². The molecule has 1 unspecified atom stereocenters. The molecular weight excluding hydrogens is 326 g/mol. The van der Waals surface area contributed by atoms with Crippen LogP contribution in [0.2, 0.25) is 0 Å². The summed E-state index contributed by atoms with van der Waals surface area (Å²) in [5, 5.41) is 0. The summed E-state index contributed by atoms with van der Waals surface area (Å²) in [6, 6.07) is 6.39. The van der Waals surface area contributed by atoms with Gasteiger partial charge in [0.1, 0.15) is 17.8 Å². The zero-order valence-electron chi connectivity index (χ0n) is 15.5. The van der Waals surface area contributed by atoms with Gasteiger partial charge in [0, 0.05) is 24.9 Å². The molecule has 1 heterocycles. The third-order valence-electron chi connectivity index (χ3n) is 7.64. The highest BCUT2D eigenvalue weighted by atomic mass is 16.5. The quantitative estimate of drug-likeness (QED) is 0.617. The molecule has 0 spiro atoms. The minimum atomic E-state index is -0.416. The van der Waals surface area contributed by atoms with E-state index < -0.39 is 5.92 Å². The van der Waals surface area contributed by atoms with Crippen LogP contribution in [-0.2, 0) is 21.4 Å². The summed E-state index contributed by atoms with van der Waals surface area (Å²) in [6.07, 6.45) is 6.89. The first-order valence-electron chi connectivity index (χ1n) is 9.97. The van der Waals surface area contributed by atoms with Gasteiger partial charge in [0.15, 0.2) is 0 Å². The van der Waals surface area contributed by atoms with Crippen LogP contribution in [0.4, 0.5) is 0 Å². The van der Waals surface area contributed by atoms with Gasteiger partial charge in [0.2, 0.25) is 0 Å². The Morgan fingerprint density at radius 3 is 2.88 bits per heavy atom. The number of piperidine rings is 1. The molecule has 3 atom stereocenters. The molecule has 0 N–H and O–H groups in total. The molecule has 1 aromatic rings. The Kier molecular flexibility index (Phi) is 3.59. The van der Waals surface area contributed by atoms with Crippen molar-refractivity contribution in [3.05, 3.63) is 29.3 Å². The number of aldehydes is 1. The maximum absolute atomic E-state index is 12.8. The molecule has 26 heavy (non-hydrogen) atoms. The largest absolute Gasteiger partial charge is 0.497 e. The number of ether oxygens (including phenoxy) is 1. The lowest BCUT2D eigenvalue weighted by atomic mass is 9.51. The van der Waals surface area contributed by atoms with Gasteiger partial charge in [-0.15, -0.1) is 0 Å². The van der Waals surface area contributed by atoms with Gasteiger partial charge < -0.3 is 14.4 Å². The zero-order chi connectivity index (χ0) is 17.9. The first-order chi connectivity index (χ1) is 12.6. The Hall–Kier alpha value is -1.68. The second-order valence-electron chi connectivity index (χ2n) is 9.08. The first kappa shape index (κ1) is 16.5. The van der Waals surface area contributed by atoms with Crippen molar-refractivity contribution >= 4 is 12.1 Å². The van der Waals surface area contributed by atoms with Gasteiger partial charge in [-0.05, 0) is 73.2 Å². The van der Waals surface area contributed by atoms with Crippen LogP contribution in [0.3, 0.4) is 0 Å². The number of hydrogen-bond donors (Lipinski definition) is 0. The number of methoxy groups -OCH3 is 1. The molecule has 0 amide bonds. The lowest BCUT2D eigenvalue weighted by Gasteiger charge is -2.57. The average Bonchev–Trinajstić information content (AvgIpc) is 3.41. The Balaban J connectivity index is 1.58. The van der Waals surface area contributed by atoms with E-state index in [0.717, 1.165) is 43.9 Å². The minimum absolute atomic E-state index is 0.0221. The van der Waals surface area contributed by atoms with E-state index in [1.807, 2.05) is 6.07 Å². The maximum Gasteiger partial charge on any atom is 0.143 e. The van der Waals surface area contributed by atoms with Crippen LogP contribution in [-0.4, -0.2) is 43.7 Å². The summed E-state index contributed by atoms with van der Waals surface area (Å²) in [4.78, 5) is 27.0. The number of rotatable bonds is 4. The summed E-state index contributed by atoms with van der Waals surface area (Å²) < 4.78 is 5.49. The van der Waals surface area contributed by atoms with E-state index in [1.165, 1.54) is 30.5 Å². The van der Waals surface area contributed by atoms with Gasteiger partial charge in [-0.3, -0.25) is 4.79 Å². The van der Waals surface area contributed by atoms with Crippen molar-refractivity contribution in [2.24, 2.45) is 17.3 Å². The number of ketones is 1. The normalized spacial score (nSPS) is 36.2. The number of carbonyl (C=O) groups excluding carboxylic acids is 2. The fourth-order valence-electron chi connectivity index (χ4n) is 6.18. The molecule has 4 heteroatoms. The van der Waals surface area contributed by atoms with Crippen molar-refractivity contribution < 1.29 is 14.3 Å². The minimum Gasteiger partial charge on any atom is -0.497 e. The van der Waals surface area contributed by atoms with Crippen LogP contribution in [0.15, 0.2) is 18.2 Å². The average molecular weight is 353 g/mol. The van der Waals surface area contributed by atoms with Gasteiger partial charge in [-0.2, -0.15) is 0 Å². The number of hydrogen-bond acceptors (Lipinski definition) is 4. The van der Waals surface area contributed by atoms with E-state index in [1.54, 1.807) is 7.11 Å². The van der Waals surface area contributed by atoms with Gasteiger partial charge in [0.05, 0.1) is 13.0 Å². The van der Waals surface area contributed by atoms with Gasteiger partial charge in [0.25, 0.3) is 0 Å². The fourth-order valence-corrected chi connectivity index (χ4v) is 6.18. The summed E-state index contributed by atoms with van der Waals surface area (Å²) in [6.45, 7) is 3.28. The lowest BCUT2D eigenvalue weighted by Crippen LogP contribution is -2.61. The molecule has 4 nitrogen and oxygen atoms in total. The Morgan fingerprint density at radius 2 is 2.15 bits per heavy atom. The van der Waals surface area contributed by atoms with Crippen LogP contribution in [0, 0.1) is 17.3 Å². The molecule has 1 aliphatic heterocycles. The van der Waals surface area contributed by atoms with Crippen molar-refractivity contribution in [2.75, 3.05) is 26.7 Å². The number of Topliss-reactive ketones (excluding diaryl/α,β-unsaturated/α-hetero) is 1. The Morgan fingerprint density at radius 1 is 1.31 bits per heavy atom. The summed E-state index contributed by atoms with van der Waals surface area (Å²) >= 11 is 0. The molecule has 1 saturated heterocycles. The molecule has 0 bridgehead atoms. The Labute approximate surface area is 154 Å². The summed E-state index contributed by atoms with van der Waals surface area (Å²) in [7, 11) is 1.70. The molecular formula is C22H27NO3. The van der Waals surface area contributed by atoms with E-state index in [9.17, 15) is 9.59 Å². The fraction of sp³-hybridized carbons (Fsp3) is 0.636. The van der Waals surface area contributed by atoms with Gasteiger partial charge >= 0.3 is 0 Å². The van der Waals surface area contributed by atoms with Gasteiger partial charge in [-0.25, -0.2) is 0 Å². The molecule has 2 saturated carbocycles. The molecule has 3 fully saturated rings. The number of nitrogens with zero attached hydrogens (tertiary/aromatic N) is 1. The predicted octanol–water partition coefficient (Wildman–Crippen LogP) is 2.77. The molecule has 0 aromatic heterocycles. The van der Waals surface area contributed by atoms with Crippen LogP contribution < -0.4 is 4.74 Å². The molecule has 138 valence electrons. The van der Waals surface area contributed by atoms with Crippen LogP contribution in [0.25, 0.3) is 0 Å². The van der Waals surface area contributed by atoms with Crippen LogP contribution >= 0.6 is 0 Å². The van der Waals surface area contributed by atoms with E-state index in [-0.39, 0.29) is 16.6 Å². The molecule has 4 aliphatic rings. The topological polar surface area (TPSA) is 46.6 Å².